The molecule has 0 saturated carbocycles. The van der Waals surface area contributed by atoms with E-state index >= 15 is 0 Å². The standard InChI is InChI=1S/C23H34N8O4/c1-21(2)8-9-35-16-12(6-5-7-13(16)21)18(32)27-15-11-31-20(25)26-14(10-30(3)4)17-22(31,23(15,33)34)29-19(24)28-17/h5-7,14-15,17,33-34H,8-11H2,1-4H3,(H2,25,26)(H,27,32)(H3,24,28,29). The molecule has 4 atom stereocenters. The first-order valence-electron chi connectivity index (χ1n) is 11.8. The number of hydrogen-bond acceptors (Lipinski definition) is 7. The van der Waals surface area contributed by atoms with Gasteiger partial charge in [0.15, 0.2) is 17.6 Å². The van der Waals surface area contributed by atoms with Crippen LogP contribution in [0.5, 0.6) is 5.75 Å². The number of fused-ring (bicyclic) bond motifs is 1. The van der Waals surface area contributed by atoms with Crippen molar-refractivity contribution in [2.75, 3.05) is 33.8 Å². The van der Waals surface area contributed by atoms with E-state index in [2.05, 4.69) is 35.1 Å². The Kier molecular flexibility index (Phi) is 5.20. The minimum absolute atomic E-state index is 0.0107. The topological polar surface area (TPSA) is 169 Å². The number of likely N-dealkylation sites (N-methyl/N-ethyl adjacent to an activating group) is 1. The van der Waals surface area contributed by atoms with Crippen molar-refractivity contribution in [3.63, 3.8) is 0 Å². The van der Waals surface area contributed by atoms with Gasteiger partial charge in [0.1, 0.15) is 11.8 Å². The fraction of sp³-hybridized carbons (Fsp3) is 0.609. The fourth-order valence-corrected chi connectivity index (χ4v) is 5.91. The minimum Gasteiger partial charge on any atom is -0.492 e. The first-order chi connectivity index (χ1) is 16.4. The monoisotopic (exact) mass is 486 g/mol. The highest BCUT2D eigenvalue weighted by molar-refractivity contribution is 5.98. The Hall–Kier alpha value is -3.09. The summed E-state index contributed by atoms with van der Waals surface area (Å²) < 4.78 is 5.88. The molecule has 1 aromatic carbocycles. The summed E-state index contributed by atoms with van der Waals surface area (Å²) in [7, 11) is 3.76. The molecule has 4 heterocycles. The second-order valence-electron chi connectivity index (χ2n) is 10.8. The van der Waals surface area contributed by atoms with Crippen molar-refractivity contribution in [2.45, 2.75) is 55.3 Å². The lowest BCUT2D eigenvalue weighted by molar-refractivity contribution is -0.232. The van der Waals surface area contributed by atoms with Crippen molar-refractivity contribution in [1.29, 1.82) is 10.8 Å². The van der Waals surface area contributed by atoms with Crippen LogP contribution < -0.4 is 26.0 Å². The van der Waals surface area contributed by atoms with Gasteiger partial charge in [-0.2, -0.15) is 0 Å². The van der Waals surface area contributed by atoms with Gasteiger partial charge < -0.3 is 46.0 Å². The van der Waals surface area contributed by atoms with Gasteiger partial charge >= 0.3 is 0 Å². The first-order valence-corrected chi connectivity index (χ1v) is 11.8. The summed E-state index contributed by atoms with van der Waals surface area (Å²) in [6, 6.07) is 3.22. The molecule has 35 heavy (non-hydrogen) atoms. The summed E-state index contributed by atoms with van der Waals surface area (Å²) in [5.41, 5.74) is -0.497. The molecule has 8 N–H and O–H groups in total. The second-order valence-corrected chi connectivity index (χ2v) is 10.8. The minimum atomic E-state index is -2.50. The molecular formula is C23H34N8O4. The molecule has 3 fully saturated rings. The molecule has 4 unspecified atom stereocenters. The first kappa shape index (κ1) is 23.6. The van der Waals surface area contributed by atoms with E-state index in [-0.39, 0.29) is 23.9 Å². The maximum atomic E-state index is 13.4. The summed E-state index contributed by atoms with van der Waals surface area (Å²) in [5, 5.41) is 51.7. The lowest BCUT2D eigenvalue weighted by atomic mass is 9.79. The molecule has 12 heteroatoms. The van der Waals surface area contributed by atoms with Crippen molar-refractivity contribution >= 4 is 17.8 Å². The highest BCUT2D eigenvalue weighted by atomic mass is 16.5. The quantitative estimate of drug-likeness (QED) is 0.236. The maximum Gasteiger partial charge on any atom is 0.255 e. The van der Waals surface area contributed by atoms with Gasteiger partial charge in [0.2, 0.25) is 5.79 Å². The molecule has 1 amide bonds. The zero-order chi connectivity index (χ0) is 25.3. The van der Waals surface area contributed by atoms with Gasteiger partial charge in [-0.05, 0) is 32.0 Å². The van der Waals surface area contributed by atoms with Crippen LogP contribution in [0, 0.1) is 10.8 Å². The van der Waals surface area contributed by atoms with Crippen molar-refractivity contribution < 1.29 is 19.7 Å². The SMILES string of the molecule is CN(C)CC1NC(=N)N2CC(NC(=O)c3cccc4c3OCCC4(C)C)C(O)(O)C23NC(=N)NC13. The van der Waals surface area contributed by atoms with Gasteiger partial charge in [-0.15, -0.1) is 0 Å². The van der Waals surface area contributed by atoms with Crippen LogP contribution in [-0.4, -0.2) is 101 Å². The van der Waals surface area contributed by atoms with E-state index in [0.717, 1.165) is 12.0 Å². The van der Waals surface area contributed by atoms with Gasteiger partial charge in [-0.3, -0.25) is 15.6 Å². The predicted molar refractivity (Wildman–Crippen MR) is 128 cm³/mol. The van der Waals surface area contributed by atoms with E-state index < -0.39 is 35.5 Å². The Bertz CT molecular complexity index is 1090. The largest absolute Gasteiger partial charge is 0.492 e. The number of guanidine groups is 2. The third-order valence-electron chi connectivity index (χ3n) is 7.73. The molecule has 0 bridgehead atoms. The van der Waals surface area contributed by atoms with Crippen LogP contribution in [-0.2, 0) is 5.41 Å². The molecule has 190 valence electrons. The summed E-state index contributed by atoms with van der Waals surface area (Å²) in [5.74, 6) is -2.57. The molecule has 1 spiro atoms. The highest BCUT2D eigenvalue weighted by Gasteiger charge is 2.74. The number of rotatable bonds is 4. The van der Waals surface area contributed by atoms with E-state index in [1.54, 1.807) is 12.1 Å². The van der Waals surface area contributed by atoms with E-state index in [1.165, 1.54) is 4.90 Å². The number of amides is 1. The fourth-order valence-electron chi connectivity index (χ4n) is 5.91. The molecule has 0 aromatic heterocycles. The number of para-hydroxylation sites is 1. The van der Waals surface area contributed by atoms with Crippen molar-refractivity contribution in [2.24, 2.45) is 0 Å². The lowest BCUT2D eigenvalue weighted by Crippen LogP contribution is -2.81. The molecule has 12 nitrogen and oxygen atoms in total. The summed E-state index contributed by atoms with van der Waals surface area (Å²) in [4.78, 5) is 16.8. The molecule has 1 aromatic rings. The summed E-state index contributed by atoms with van der Waals surface area (Å²) in [6.07, 6.45) is 0.830. The zero-order valence-electron chi connectivity index (χ0n) is 20.4. The number of ether oxygens (including phenoxy) is 1. The number of carbonyl (C=O) groups excluding carboxylic acids is 1. The highest BCUT2D eigenvalue weighted by Crippen LogP contribution is 2.44. The molecular weight excluding hydrogens is 452 g/mol. The van der Waals surface area contributed by atoms with Gasteiger partial charge in [0.25, 0.3) is 5.91 Å². The van der Waals surface area contributed by atoms with Crippen molar-refractivity contribution in [3.8, 4) is 5.75 Å². The zero-order valence-corrected chi connectivity index (χ0v) is 20.4. The van der Waals surface area contributed by atoms with Crippen LogP contribution in [0.15, 0.2) is 18.2 Å². The van der Waals surface area contributed by atoms with Crippen LogP contribution in [0.4, 0.5) is 0 Å². The van der Waals surface area contributed by atoms with E-state index in [9.17, 15) is 15.0 Å². The Balaban J connectivity index is 1.48. The van der Waals surface area contributed by atoms with Crippen LogP contribution in [0.3, 0.4) is 0 Å². The van der Waals surface area contributed by atoms with Crippen LogP contribution in [0.1, 0.15) is 36.2 Å². The smallest absolute Gasteiger partial charge is 0.255 e. The number of hydrogen-bond donors (Lipinski definition) is 8. The second kappa shape index (κ2) is 7.70. The van der Waals surface area contributed by atoms with Gasteiger partial charge in [-0.25, -0.2) is 0 Å². The van der Waals surface area contributed by atoms with Gasteiger partial charge in [0, 0.05) is 18.7 Å². The van der Waals surface area contributed by atoms with E-state index in [1.807, 2.05) is 25.1 Å². The Morgan fingerprint density at radius 3 is 2.74 bits per heavy atom. The number of nitrogens with one attached hydrogen (secondary N) is 6. The van der Waals surface area contributed by atoms with Gasteiger partial charge in [0.05, 0.1) is 24.3 Å². The Morgan fingerprint density at radius 1 is 1.29 bits per heavy atom. The van der Waals surface area contributed by atoms with Gasteiger partial charge in [-0.1, -0.05) is 26.0 Å². The lowest BCUT2D eigenvalue weighted by Gasteiger charge is -2.51. The normalized spacial score (nSPS) is 32.0. The average Bonchev–Trinajstić information content (AvgIpc) is 3.23. The number of nitrogens with zero attached hydrogens (tertiary/aromatic N) is 2. The maximum absolute atomic E-state index is 13.4. The number of carbonyl (C=O) groups is 1. The predicted octanol–water partition coefficient (Wildman–Crippen LogP) is -1.50. The van der Waals surface area contributed by atoms with E-state index in [4.69, 9.17) is 15.6 Å². The molecule has 3 saturated heterocycles. The molecule has 5 rings (SSSR count). The molecule has 0 radical (unpaired) electrons. The van der Waals surface area contributed by atoms with Crippen molar-refractivity contribution in [3.05, 3.63) is 29.3 Å². The van der Waals surface area contributed by atoms with Crippen molar-refractivity contribution in [1.82, 2.24) is 31.1 Å². The van der Waals surface area contributed by atoms with Crippen LogP contribution in [0.2, 0.25) is 0 Å². The Labute approximate surface area is 204 Å². The third-order valence-corrected chi connectivity index (χ3v) is 7.73. The number of benzene rings is 1. The molecule has 4 aliphatic rings. The van der Waals surface area contributed by atoms with E-state index in [0.29, 0.717) is 24.5 Å². The summed E-state index contributed by atoms with van der Waals surface area (Å²) in [6.45, 7) is 5.14. The molecule has 4 aliphatic heterocycles. The number of aliphatic hydroxyl groups is 2. The Morgan fingerprint density at radius 2 is 2.03 bits per heavy atom. The average molecular weight is 487 g/mol. The third kappa shape index (κ3) is 3.34. The molecule has 0 aliphatic carbocycles. The summed E-state index contributed by atoms with van der Waals surface area (Å²) >= 11 is 0. The van der Waals surface area contributed by atoms with Crippen LogP contribution in [0.25, 0.3) is 0 Å². The van der Waals surface area contributed by atoms with Crippen LogP contribution >= 0.6 is 0 Å².